The molecule has 1 aromatic heterocycles. The van der Waals surface area contributed by atoms with Gasteiger partial charge < -0.3 is 19.9 Å². The molecule has 1 atom stereocenters. The largest absolute Gasteiger partial charge is 0.436 e. The highest BCUT2D eigenvalue weighted by molar-refractivity contribution is 7.12. The van der Waals surface area contributed by atoms with Crippen molar-refractivity contribution in [3.63, 3.8) is 0 Å². The summed E-state index contributed by atoms with van der Waals surface area (Å²) >= 11 is 1.56. The number of hydrogen-bond acceptors (Lipinski definition) is 7. The third-order valence-corrected chi connectivity index (χ3v) is 7.51. The van der Waals surface area contributed by atoms with Crippen molar-refractivity contribution in [1.29, 1.82) is 5.26 Å². The molecule has 2 aliphatic heterocycles. The molecule has 1 amide bonds. The highest BCUT2D eigenvalue weighted by Crippen LogP contribution is 2.48. The molecular formula is C20H27N3O4S. The minimum absolute atomic E-state index is 0.0674. The van der Waals surface area contributed by atoms with Gasteiger partial charge in [0.05, 0.1) is 23.7 Å². The average Bonchev–Trinajstić information content (AvgIpc) is 3.31. The standard InChI is InChI=1S/C20H27N3O4S/c1-18(2,3)23-7-6-19(12-23,27-17(22)24)16-14(11-21)13-4-5-20(10-15(13)28-16)25-8-9-26-20/h4-10,12H2,1-3H3,(H2,22,24)/t19-/m0/s1. The van der Waals surface area contributed by atoms with Crippen LogP contribution in [-0.4, -0.2) is 48.6 Å². The molecule has 2 N–H and O–H groups in total. The Morgan fingerprint density at radius 3 is 2.61 bits per heavy atom. The summed E-state index contributed by atoms with van der Waals surface area (Å²) in [6.45, 7) is 8.93. The quantitative estimate of drug-likeness (QED) is 0.812. The summed E-state index contributed by atoms with van der Waals surface area (Å²) < 4.78 is 17.5. The fourth-order valence-corrected chi connectivity index (χ4v) is 6.14. The van der Waals surface area contributed by atoms with Crippen LogP contribution in [0, 0.1) is 11.3 Å². The second-order valence-electron chi connectivity index (χ2n) is 8.86. The minimum atomic E-state index is -0.878. The smallest absolute Gasteiger partial charge is 0.405 e. The molecule has 3 heterocycles. The fraction of sp³-hybridized carbons (Fsp3) is 0.700. The fourth-order valence-electron chi connectivity index (χ4n) is 4.61. The van der Waals surface area contributed by atoms with Crippen LogP contribution in [0.15, 0.2) is 0 Å². The molecule has 28 heavy (non-hydrogen) atoms. The molecule has 8 heteroatoms. The van der Waals surface area contributed by atoms with Gasteiger partial charge in [-0.1, -0.05) is 0 Å². The van der Waals surface area contributed by atoms with E-state index in [0.29, 0.717) is 38.2 Å². The summed E-state index contributed by atoms with van der Waals surface area (Å²) in [7, 11) is 0. The Hall–Kier alpha value is -1.66. The molecule has 2 saturated heterocycles. The van der Waals surface area contributed by atoms with Gasteiger partial charge in [0.25, 0.3) is 0 Å². The number of nitrogens with zero attached hydrogens (tertiary/aromatic N) is 2. The van der Waals surface area contributed by atoms with Gasteiger partial charge in [-0.3, -0.25) is 4.90 Å². The van der Waals surface area contributed by atoms with Crippen LogP contribution in [0.25, 0.3) is 0 Å². The van der Waals surface area contributed by atoms with Crippen LogP contribution in [-0.2, 0) is 32.7 Å². The number of ether oxygens (including phenoxy) is 3. The molecule has 3 aliphatic rings. The number of carbonyl (C=O) groups excluding carboxylic acids is 1. The first-order chi connectivity index (χ1) is 13.2. The van der Waals surface area contributed by atoms with Crippen molar-refractivity contribution in [2.75, 3.05) is 26.3 Å². The molecule has 1 aliphatic carbocycles. The Morgan fingerprint density at radius 2 is 2.04 bits per heavy atom. The van der Waals surface area contributed by atoms with E-state index in [-0.39, 0.29) is 5.54 Å². The third-order valence-electron chi connectivity index (χ3n) is 6.09. The first-order valence-electron chi connectivity index (χ1n) is 9.75. The molecule has 2 fully saturated rings. The lowest BCUT2D eigenvalue weighted by molar-refractivity contribution is -0.163. The zero-order chi connectivity index (χ0) is 20.2. The van der Waals surface area contributed by atoms with Gasteiger partial charge in [-0.25, -0.2) is 4.79 Å². The maximum atomic E-state index is 11.8. The van der Waals surface area contributed by atoms with Gasteiger partial charge >= 0.3 is 6.09 Å². The van der Waals surface area contributed by atoms with Crippen LogP contribution in [0.3, 0.4) is 0 Å². The van der Waals surface area contributed by atoms with E-state index in [4.69, 9.17) is 19.9 Å². The van der Waals surface area contributed by atoms with Crippen molar-refractivity contribution in [3.8, 4) is 6.07 Å². The van der Waals surface area contributed by atoms with Gasteiger partial charge in [-0.05, 0) is 32.8 Å². The van der Waals surface area contributed by atoms with Crippen molar-refractivity contribution in [2.45, 2.75) is 63.4 Å². The minimum Gasteiger partial charge on any atom is -0.436 e. The van der Waals surface area contributed by atoms with Gasteiger partial charge in [-0.2, -0.15) is 5.26 Å². The van der Waals surface area contributed by atoms with E-state index in [2.05, 4.69) is 31.7 Å². The Kier molecular flexibility index (Phi) is 4.70. The Morgan fingerprint density at radius 1 is 1.32 bits per heavy atom. The van der Waals surface area contributed by atoms with Crippen LogP contribution < -0.4 is 5.73 Å². The SMILES string of the molecule is CC(C)(C)N1CC[C@@](OC(N)=O)(c2sc3c(c2C#N)CCC2(C3)OCCO2)C1. The van der Waals surface area contributed by atoms with Crippen molar-refractivity contribution in [1.82, 2.24) is 4.90 Å². The monoisotopic (exact) mass is 405 g/mol. The molecular weight excluding hydrogens is 378 g/mol. The number of thiophene rings is 1. The topological polar surface area (TPSA) is 97.8 Å². The zero-order valence-corrected chi connectivity index (χ0v) is 17.5. The summed E-state index contributed by atoms with van der Waals surface area (Å²) in [6, 6.07) is 2.39. The maximum absolute atomic E-state index is 11.8. The van der Waals surface area contributed by atoms with Crippen molar-refractivity contribution < 1.29 is 19.0 Å². The van der Waals surface area contributed by atoms with Gasteiger partial charge in [-0.15, -0.1) is 11.3 Å². The molecule has 7 nitrogen and oxygen atoms in total. The second-order valence-corrected chi connectivity index (χ2v) is 9.97. The highest BCUT2D eigenvalue weighted by atomic mass is 32.1. The van der Waals surface area contributed by atoms with Crippen molar-refractivity contribution in [3.05, 3.63) is 20.9 Å². The number of rotatable bonds is 2. The summed E-state index contributed by atoms with van der Waals surface area (Å²) in [5, 5.41) is 9.96. The van der Waals surface area contributed by atoms with E-state index in [1.807, 2.05) is 0 Å². The molecule has 0 bridgehead atoms. The first-order valence-corrected chi connectivity index (χ1v) is 10.6. The molecule has 152 valence electrons. The molecule has 1 aromatic rings. The first kappa shape index (κ1) is 19.6. The molecule has 0 saturated carbocycles. The normalized spacial score (nSPS) is 26.9. The summed E-state index contributed by atoms with van der Waals surface area (Å²) in [5.74, 6) is -0.563. The number of likely N-dealkylation sites (tertiary alicyclic amines) is 1. The van der Waals surface area contributed by atoms with Gasteiger partial charge in [0.15, 0.2) is 11.4 Å². The predicted octanol–water partition coefficient (Wildman–Crippen LogP) is 2.65. The van der Waals surface area contributed by atoms with Gasteiger partial charge in [0.2, 0.25) is 0 Å². The van der Waals surface area contributed by atoms with Gasteiger partial charge in [0, 0.05) is 42.8 Å². The van der Waals surface area contributed by atoms with Crippen LogP contribution in [0.5, 0.6) is 0 Å². The molecule has 4 rings (SSSR count). The number of primary amides is 1. The van der Waals surface area contributed by atoms with Crippen LogP contribution in [0.4, 0.5) is 4.79 Å². The number of carbonyl (C=O) groups is 1. The lowest BCUT2D eigenvalue weighted by Gasteiger charge is -2.34. The average molecular weight is 406 g/mol. The molecule has 1 spiro atoms. The van der Waals surface area contributed by atoms with E-state index in [1.165, 1.54) is 0 Å². The van der Waals surface area contributed by atoms with E-state index in [0.717, 1.165) is 34.7 Å². The summed E-state index contributed by atoms with van der Waals surface area (Å²) in [6.07, 6.45) is 1.92. The second kappa shape index (κ2) is 6.70. The van der Waals surface area contributed by atoms with E-state index in [9.17, 15) is 10.1 Å². The van der Waals surface area contributed by atoms with Crippen LogP contribution >= 0.6 is 11.3 Å². The lowest BCUT2D eigenvalue weighted by atomic mass is 9.88. The summed E-state index contributed by atoms with van der Waals surface area (Å²) in [4.78, 5) is 16.0. The van der Waals surface area contributed by atoms with Crippen LogP contribution in [0.2, 0.25) is 0 Å². The Bertz CT molecular complexity index is 832. The van der Waals surface area contributed by atoms with Crippen molar-refractivity contribution in [2.24, 2.45) is 5.73 Å². The molecule has 0 unspecified atom stereocenters. The van der Waals surface area contributed by atoms with Crippen molar-refractivity contribution >= 4 is 17.4 Å². The summed E-state index contributed by atoms with van der Waals surface area (Å²) in [5.41, 5.74) is 6.21. The lowest BCUT2D eigenvalue weighted by Crippen LogP contribution is -2.44. The number of nitriles is 1. The predicted molar refractivity (Wildman–Crippen MR) is 104 cm³/mol. The van der Waals surface area contributed by atoms with Crippen LogP contribution in [0.1, 0.15) is 54.5 Å². The number of nitrogens with two attached hydrogens (primary N) is 1. The molecule has 0 aromatic carbocycles. The molecule has 0 radical (unpaired) electrons. The zero-order valence-electron chi connectivity index (χ0n) is 16.7. The number of amides is 1. The maximum Gasteiger partial charge on any atom is 0.405 e. The Labute approximate surface area is 169 Å². The van der Waals surface area contributed by atoms with E-state index < -0.39 is 17.5 Å². The van der Waals surface area contributed by atoms with E-state index >= 15 is 0 Å². The Balaban J connectivity index is 1.75. The van der Waals surface area contributed by atoms with Gasteiger partial charge in [0.1, 0.15) is 6.07 Å². The van der Waals surface area contributed by atoms with E-state index in [1.54, 1.807) is 11.3 Å². The third kappa shape index (κ3) is 3.20. The number of fused-ring (bicyclic) bond motifs is 1. The number of hydrogen-bond donors (Lipinski definition) is 1. The highest BCUT2D eigenvalue weighted by Gasteiger charge is 2.50.